The van der Waals surface area contributed by atoms with Gasteiger partial charge in [0.05, 0.1) is 23.8 Å². The lowest BCUT2D eigenvalue weighted by Crippen LogP contribution is -2.33. The molecule has 39 heavy (non-hydrogen) atoms. The number of piperazine rings is 1. The number of carbonyl (C=O) groups excluding carboxylic acids is 1. The molecule has 2 aromatic carbocycles. The van der Waals surface area contributed by atoms with Crippen LogP contribution in [0.1, 0.15) is 5.56 Å². The average Bonchev–Trinajstić information content (AvgIpc) is 3.24. The first-order chi connectivity index (χ1) is 19.0. The molecule has 0 radical (unpaired) electrons. The highest BCUT2D eigenvalue weighted by Gasteiger charge is 2.56. The zero-order valence-electron chi connectivity index (χ0n) is 21.3. The van der Waals surface area contributed by atoms with Crippen LogP contribution in [0.5, 0.6) is 11.5 Å². The predicted molar refractivity (Wildman–Crippen MR) is 145 cm³/mol. The lowest BCUT2D eigenvalue weighted by molar-refractivity contribution is -0.125. The van der Waals surface area contributed by atoms with Crippen LogP contribution >= 0.6 is 0 Å². The molecular weight excluding hydrogens is 496 g/mol. The highest BCUT2D eigenvalue weighted by Crippen LogP contribution is 2.39. The van der Waals surface area contributed by atoms with Crippen molar-refractivity contribution in [1.29, 1.82) is 0 Å². The largest absolute Gasteiger partial charge is 0.457 e. The SMILES string of the molecule is C=CC(=O)N1CC2C(C1)N2c1ncc2ncnc(Nc3ccc(Oc4ccc5c(c4)nnn5C)c(C)c3)c2n1. The monoisotopic (exact) mass is 520 g/mol. The first-order valence-corrected chi connectivity index (χ1v) is 12.5. The highest BCUT2D eigenvalue weighted by atomic mass is 16.5. The first-order valence-electron chi connectivity index (χ1n) is 12.5. The maximum absolute atomic E-state index is 11.9. The number of fused-ring (bicyclic) bond motifs is 3. The van der Waals surface area contributed by atoms with Gasteiger partial charge in [0.25, 0.3) is 0 Å². The Morgan fingerprint density at radius 2 is 1.95 bits per heavy atom. The number of hydrogen-bond acceptors (Lipinski definition) is 10. The number of ether oxygens (including phenoxy) is 1. The van der Waals surface area contributed by atoms with Crippen LogP contribution in [0.25, 0.3) is 22.1 Å². The Labute approximate surface area is 223 Å². The molecular formula is C27H24N10O2. The fourth-order valence-electron chi connectivity index (χ4n) is 5.14. The van der Waals surface area contributed by atoms with E-state index in [0.717, 1.165) is 28.0 Å². The van der Waals surface area contributed by atoms with E-state index in [0.29, 0.717) is 41.6 Å². The molecule has 0 saturated carbocycles. The van der Waals surface area contributed by atoms with E-state index in [1.807, 2.05) is 50.4 Å². The van der Waals surface area contributed by atoms with Crippen molar-refractivity contribution >= 4 is 45.4 Å². The Balaban J connectivity index is 1.10. The van der Waals surface area contributed by atoms with Crippen LogP contribution in [0.2, 0.25) is 0 Å². The molecule has 1 amide bonds. The van der Waals surface area contributed by atoms with Gasteiger partial charge in [0, 0.05) is 31.9 Å². The second kappa shape index (κ2) is 8.72. The maximum atomic E-state index is 11.9. The van der Waals surface area contributed by atoms with Crippen molar-refractivity contribution < 1.29 is 9.53 Å². The molecule has 7 rings (SSSR count). The van der Waals surface area contributed by atoms with E-state index in [9.17, 15) is 4.79 Å². The number of aryl methyl sites for hydroxylation is 2. The first kappa shape index (κ1) is 23.0. The number of hydrogen-bond donors (Lipinski definition) is 1. The van der Waals surface area contributed by atoms with Crippen molar-refractivity contribution in [2.45, 2.75) is 19.0 Å². The highest BCUT2D eigenvalue weighted by molar-refractivity contribution is 5.89. The number of rotatable bonds is 6. The smallest absolute Gasteiger partial charge is 0.246 e. The Morgan fingerprint density at radius 1 is 1.10 bits per heavy atom. The van der Waals surface area contributed by atoms with Crippen molar-refractivity contribution in [1.82, 2.24) is 39.8 Å². The predicted octanol–water partition coefficient (Wildman–Crippen LogP) is 3.13. The average molecular weight is 521 g/mol. The van der Waals surface area contributed by atoms with Gasteiger partial charge in [0.1, 0.15) is 34.4 Å². The van der Waals surface area contributed by atoms with E-state index in [1.54, 1.807) is 15.8 Å². The minimum absolute atomic E-state index is 0.0419. The standard InChI is InChI=1S/C27H24N10O2/c1-4-24(38)36-12-21-22(13-36)37(21)27-28-11-19-25(32-27)26(30-14-29-19)31-16-5-8-23(15(2)9-16)39-17-6-7-20-18(10-17)33-34-35(20)3/h4-11,14,21-22H,1,12-13H2,2-3H3,(H,29,30,31). The van der Waals surface area contributed by atoms with Gasteiger partial charge in [0.2, 0.25) is 11.9 Å². The molecule has 12 nitrogen and oxygen atoms in total. The number of carbonyl (C=O) groups is 1. The summed E-state index contributed by atoms with van der Waals surface area (Å²) < 4.78 is 7.86. The zero-order valence-corrected chi connectivity index (χ0v) is 21.3. The van der Waals surface area contributed by atoms with Crippen molar-refractivity contribution in [3.05, 3.63) is 67.1 Å². The second-order valence-electron chi connectivity index (χ2n) is 9.69. The summed E-state index contributed by atoms with van der Waals surface area (Å²) in [5.41, 5.74) is 4.77. The molecule has 0 spiro atoms. The molecule has 1 N–H and O–H groups in total. The van der Waals surface area contributed by atoms with Crippen molar-refractivity contribution in [2.75, 3.05) is 23.3 Å². The lowest BCUT2D eigenvalue weighted by atomic mass is 10.2. The molecule has 194 valence electrons. The number of amides is 1. The Hall–Kier alpha value is -5.13. The Morgan fingerprint density at radius 3 is 2.74 bits per heavy atom. The van der Waals surface area contributed by atoms with Gasteiger partial charge in [-0.15, -0.1) is 5.10 Å². The van der Waals surface area contributed by atoms with Gasteiger partial charge in [0.15, 0.2) is 5.82 Å². The maximum Gasteiger partial charge on any atom is 0.246 e. The van der Waals surface area contributed by atoms with E-state index in [-0.39, 0.29) is 18.0 Å². The van der Waals surface area contributed by atoms with Crippen LogP contribution in [0.15, 0.2) is 61.6 Å². The van der Waals surface area contributed by atoms with Crippen LogP contribution in [-0.2, 0) is 11.8 Å². The third-order valence-corrected chi connectivity index (χ3v) is 7.21. The number of benzene rings is 2. The fourth-order valence-corrected chi connectivity index (χ4v) is 5.14. The minimum Gasteiger partial charge on any atom is -0.457 e. The van der Waals surface area contributed by atoms with Crippen molar-refractivity contribution in [2.24, 2.45) is 7.05 Å². The van der Waals surface area contributed by atoms with Gasteiger partial charge < -0.3 is 19.9 Å². The third kappa shape index (κ3) is 3.97. The summed E-state index contributed by atoms with van der Waals surface area (Å²) in [6, 6.07) is 12.0. The summed E-state index contributed by atoms with van der Waals surface area (Å²) in [4.78, 5) is 34.0. The molecule has 2 unspecified atom stereocenters. The molecule has 12 heteroatoms. The molecule has 5 aromatic rings. The Kier molecular flexibility index (Phi) is 5.15. The summed E-state index contributed by atoms with van der Waals surface area (Å²) in [7, 11) is 1.86. The van der Waals surface area contributed by atoms with Gasteiger partial charge >= 0.3 is 0 Å². The molecule has 2 fully saturated rings. The number of nitrogens with zero attached hydrogens (tertiary/aromatic N) is 9. The summed E-state index contributed by atoms with van der Waals surface area (Å²) in [5.74, 6) is 2.58. The normalized spacial score (nSPS) is 17.9. The molecule has 5 heterocycles. The van der Waals surface area contributed by atoms with Gasteiger partial charge in [-0.25, -0.2) is 24.6 Å². The summed E-state index contributed by atoms with van der Waals surface area (Å²) in [5, 5.41) is 11.6. The fraction of sp³-hybridized carbons (Fsp3) is 0.222. The van der Waals surface area contributed by atoms with Gasteiger partial charge in [-0.1, -0.05) is 11.8 Å². The van der Waals surface area contributed by atoms with Crippen LogP contribution < -0.4 is 15.0 Å². The molecule has 0 aliphatic carbocycles. The zero-order chi connectivity index (χ0) is 26.7. The van der Waals surface area contributed by atoms with Crippen LogP contribution in [-0.4, -0.2) is 70.9 Å². The van der Waals surface area contributed by atoms with Gasteiger partial charge in [-0.05, 0) is 48.9 Å². The van der Waals surface area contributed by atoms with E-state index in [1.165, 1.54) is 12.4 Å². The van der Waals surface area contributed by atoms with E-state index in [2.05, 4.69) is 42.1 Å². The van der Waals surface area contributed by atoms with Crippen molar-refractivity contribution in [3.8, 4) is 11.5 Å². The molecule has 2 aliphatic rings. The summed E-state index contributed by atoms with van der Waals surface area (Å²) >= 11 is 0. The van der Waals surface area contributed by atoms with E-state index < -0.39 is 0 Å². The summed E-state index contributed by atoms with van der Waals surface area (Å²) in [6.45, 7) is 6.86. The topological polar surface area (TPSA) is 127 Å². The van der Waals surface area contributed by atoms with Crippen molar-refractivity contribution in [3.63, 3.8) is 0 Å². The number of aromatic nitrogens is 7. The van der Waals surface area contributed by atoms with Crippen LogP contribution in [0.4, 0.5) is 17.5 Å². The van der Waals surface area contributed by atoms with Gasteiger partial charge in [-0.3, -0.25) is 4.79 Å². The summed E-state index contributed by atoms with van der Waals surface area (Å²) in [6.07, 6.45) is 4.56. The quantitative estimate of drug-likeness (QED) is 0.263. The third-order valence-electron chi connectivity index (χ3n) is 7.21. The number of likely N-dealkylation sites (tertiary alicyclic amines) is 1. The second-order valence-corrected chi connectivity index (χ2v) is 9.69. The van der Waals surface area contributed by atoms with Crippen LogP contribution in [0.3, 0.4) is 0 Å². The molecule has 3 aromatic heterocycles. The lowest BCUT2D eigenvalue weighted by Gasteiger charge is -2.19. The minimum atomic E-state index is -0.0419. The Bertz CT molecular complexity index is 1770. The molecule has 0 bridgehead atoms. The van der Waals surface area contributed by atoms with Gasteiger partial charge in [-0.2, -0.15) is 0 Å². The van der Waals surface area contributed by atoms with Crippen LogP contribution in [0, 0.1) is 6.92 Å². The number of anilines is 3. The number of nitrogens with one attached hydrogen (secondary N) is 1. The molecule has 2 aliphatic heterocycles. The van der Waals surface area contributed by atoms with E-state index >= 15 is 0 Å². The van der Waals surface area contributed by atoms with E-state index in [4.69, 9.17) is 9.72 Å². The molecule has 2 saturated heterocycles. The molecule has 2 atom stereocenters.